The topological polar surface area (TPSA) is 55.1 Å². The van der Waals surface area contributed by atoms with E-state index in [1.807, 2.05) is 6.92 Å². The molecule has 1 saturated carbocycles. The Morgan fingerprint density at radius 1 is 1.38 bits per heavy atom. The maximum absolute atomic E-state index is 11.8. The molecule has 0 radical (unpaired) electrons. The number of nitrogens with one attached hydrogen (secondary N) is 1. The Bertz CT molecular complexity index is 222. The smallest absolute Gasteiger partial charge is 0.223 e. The van der Waals surface area contributed by atoms with Gasteiger partial charge in [0.05, 0.1) is 0 Å². The molecule has 0 heterocycles. The van der Waals surface area contributed by atoms with Gasteiger partial charge in [-0.15, -0.1) is 0 Å². The molecule has 0 aliphatic heterocycles. The van der Waals surface area contributed by atoms with Gasteiger partial charge < -0.3 is 11.1 Å². The number of nitrogens with two attached hydrogens (primary N) is 1. The van der Waals surface area contributed by atoms with E-state index >= 15 is 0 Å². The highest BCUT2D eigenvalue weighted by molar-refractivity contribution is 5.78. The van der Waals surface area contributed by atoms with Crippen LogP contribution in [0.4, 0.5) is 0 Å². The zero-order valence-electron chi connectivity index (χ0n) is 10.8. The summed E-state index contributed by atoms with van der Waals surface area (Å²) in [6.45, 7) is 6.96. The van der Waals surface area contributed by atoms with E-state index in [4.69, 9.17) is 5.73 Å². The fraction of sp³-hybridized carbons (Fsp3) is 0.923. The Kier molecular flexibility index (Phi) is 5.26. The Balaban J connectivity index is 2.24. The quantitative estimate of drug-likeness (QED) is 0.697. The van der Waals surface area contributed by atoms with Gasteiger partial charge in [0, 0.05) is 18.5 Å². The van der Waals surface area contributed by atoms with Crippen LogP contribution in [0.2, 0.25) is 0 Å². The van der Waals surface area contributed by atoms with E-state index in [2.05, 4.69) is 19.2 Å². The summed E-state index contributed by atoms with van der Waals surface area (Å²) in [5.41, 5.74) is 6.06. The van der Waals surface area contributed by atoms with E-state index in [1.54, 1.807) is 0 Å². The van der Waals surface area contributed by atoms with Gasteiger partial charge in [-0.3, -0.25) is 4.79 Å². The predicted octanol–water partition coefficient (Wildman–Crippen LogP) is 1.91. The summed E-state index contributed by atoms with van der Waals surface area (Å²) < 4.78 is 0. The fourth-order valence-corrected chi connectivity index (χ4v) is 2.25. The van der Waals surface area contributed by atoms with Crippen molar-refractivity contribution in [3.63, 3.8) is 0 Å². The summed E-state index contributed by atoms with van der Waals surface area (Å²) in [6, 6.07) is 0.102. The summed E-state index contributed by atoms with van der Waals surface area (Å²) in [5.74, 6) is 1.51. The molecular formula is C13H26N2O. The Morgan fingerprint density at radius 3 is 2.38 bits per heavy atom. The van der Waals surface area contributed by atoms with Crippen molar-refractivity contribution in [1.82, 2.24) is 5.32 Å². The van der Waals surface area contributed by atoms with Crippen LogP contribution < -0.4 is 11.1 Å². The van der Waals surface area contributed by atoms with Crippen molar-refractivity contribution in [2.24, 2.45) is 23.5 Å². The zero-order chi connectivity index (χ0) is 12.1. The van der Waals surface area contributed by atoms with E-state index < -0.39 is 0 Å². The van der Waals surface area contributed by atoms with Crippen LogP contribution in [0.5, 0.6) is 0 Å². The first-order valence-corrected chi connectivity index (χ1v) is 6.63. The molecule has 3 heteroatoms. The lowest BCUT2D eigenvalue weighted by molar-refractivity contribution is -0.125. The average molecular weight is 226 g/mol. The highest BCUT2D eigenvalue weighted by Crippen LogP contribution is 2.36. The zero-order valence-corrected chi connectivity index (χ0v) is 10.8. The second-order valence-electron chi connectivity index (χ2n) is 5.11. The third kappa shape index (κ3) is 3.78. The van der Waals surface area contributed by atoms with Gasteiger partial charge >= 0.3 is 0 Å². The molecule has 94 valence electrons. The number of hydrogen-bond acceptors (Lipinski definition) is 2. The summed E-state index contributed by atoms with van der Waals surface area (Å²) >= 11 is 0. The molecule has 0 saturated heterocycles. The maximum Gasteiger partial charge on any atom is 0.223 e. The molecule has 1 aliphatic rings. The standard InChI is InChI=1S/C13H26N2O/c1-4-10(5-2)12(14)8-15-13(16)9(3)11-6-7-11/h9-12H,4-8,14H2,1-3H3,(H,15,16). The van der Waals surface area contributed by atoms with Crippen LogP contribution in [0, 0.1) is 17.8 Å². The summed E-state index contributed by atoms with van der Waals surface area (Å²) in [7, 11) is 0. The van der Waals surface area contributed by atoms with Crippen LogP contribution in [-0.2, 0) is 4.79 Å². The van der Waals surface area contributed by atoms with Gasteiger partial charge in [-0.05, 0) is 24.7 Å². The van der Waals surface area contributed by atoms with E-state index in [-0.39, 0.29) is 17.9 Å². The Labute approximate surface area is 99.2 Å². The van der Waals surface area contributed by atoms with Gasteiger partial charge in [0.1, 0.15) is 0 Å². The minimum absolute atomic E-state index is 0.102. The van der Waals surface area contributed by atoms with E-state index in [9.17, 15) is 4.79 Å². The lowest BCUT2D eigenvalue weighted by Crippen LogP contribution is -2.43. The molecule has 1 fully saturated rings. The highest BCUT2D eigenvalue weighted by Gasteiger charge is 2.32. The minimum Gasteiger partial charge on any atom is -0.354 e. The monoisotopic (exact) mass is 226 g/mol. The average Bonchev–Trinajstić information content (AvgIpc) is 3.10. The first-order valence-electron chi connectivity index (χ1n) is 6.63. The van der Waals surface area contributed by atoms with E-state index in [0.29, 0.717) is 18.4 Å². The molecule has 0 spiro atoms. The van der Waals surface area contributed by atoms with E-state index in [0.717, 1.165) is 12.8 Å². The molecular weight excluding hydrogens is 200 g/mol. The van der Waals surface area contributed by atoms with Gasteiger partial charge in [-0.25, -0.2) is 0 Å². The molecule has 3 N–H and O–H groups in total. The summed E-state index contributed by atoms with van der Waals surface area (Å²) in [6.07, 6.45) is 4.61. The predicted molar refractivity (Wildman–Crippen MR) is 66.9 cm³/mol. The van der Waals surface area contributed by atoms with Gasteiger partial charge in [-0.2, -0.15) is 0 Å². The van der Waals surface area contributed by atoms with Crippen molar-refractivity contribution >= 4 is 5.91 Å². The molecule has 3 nitrogen and oxygen atoms in total. The van der Waals surface area contributed by atoms with Crippen molar-refractivity contribution < 1.29 is 4.79 Å². The minimum atomic E-state index is 0.102. The molecule has 1 aliphatic carbocycles. The summed E-state index contributed by atoms with van der Waals surface area (Å²) in [4.78, 5) is 11.8. The SMILES string of the molecule is CCC(CC)C(N)CNC(=O)C(C)C1CC1. The molecule has 0 bridgehead atoms. The molecule has 2 unspecified atom stereocenters. The first-order chi connectivity index (χ1) is 7.60. The highest BCUT2D eigenvalue weighted by atomic mass is 16.1. The van der Waals surface area contributed by atoms with Crippen LogP contribution >= 0.6 is 0 Å². The molecule has 0 aromatic heterocycles. The lowest BCUT2D eigenvalue weighted by Gasteiger charge is -2.22. The Hall–Kier alpha value is -0.570. The van der Waals surface area contributed by atoms with Crippen LogP contribution in [0.15, 0.2) is 0 Å². The van der Waals surface area contributed by atoms with Gasteiger partial charge in [0.2, 0.25) is 5.91 Å². The van der Waals surface area contributed by atoms with Gasteiger partial charge in [0.25, 0.3) is 0 Å². The normalized spacial score (nSPS) is 19.6. The number of hydrogen-bond donors (Lipinski definition) is 2. The first kappa shape index (κ1) is 13.5. The van der Waals surface area contributed by atoms with Gasteiger partial charge in [0.15, 0.2) is 0 Å². The van der Waals surface area contributed by atoms with Crippen molar-refractivity contribution in [3.05, 3.63) is 0 Å². The third-order valence-electron chi connectivity index (χ3n) is 3.91. The van der Waals surface area contributed by atoms with Crippen molar-refractivity contribution in [2.45, 2.75) is 52.5 Å². The molecule has 1 amide bonds. The lowest BCUT2D eigenvalue weighted by atomic mass is 9.94. The second kappa shape index (κ2) is 6.24. The molecule has 1 rings (SSSR count). The van der Waals surface area contributed by atoms with Crippen LogP contribution in [0.3, 0.4) is 0 Å². The number of amides is 1. The third-order valence-corrected chi connectivity index (χ3v) is 3.91. The van der Waals surface area contributed by atoms with Crippen LogP contribution in [0.1, 0.15) is 46.5 Å². The van der Waals surface area contributed by atoms with Crippen LogP contribution in [0.25, 0.3) is 0 Å². The largest absolute Gasteiger partial charge is 0.354 e. The van der Waals surface area contributed by atoms with Crippen molar-refractivity contribution in [3.8, 4) is 0 Å². The maximum atomic E-state index is 11.8. The molecule has 0 aromatic carbocycles. The Morgan fingerprint density at radius 2 is 1.94 bits per heavy atom. The van der Waals surface area contributed by atoms with Crippen molar-refractivity contribution in [1.29, 1.82) is 0 Å². The van der Waals surface area contributed by atoms with E-state index in [1.165, 1.54) is 12.8 Å². The molecule has 0 aromatic rings. The second-order valence-corrected chi connectivity index (χ2v) is 5.11. The number of carbonyl (C=O) groups excluding carboxylic acids is 1. The summed E-state index contributed by atoms with van der Waals surface area (Å²) in [5, 5.41) is 2.99. The number of rotatable bonds is 7. The van der Waals surface area contributed by atoms with Crippen LogP contribution in [-0.4, -0.2) is 18.5 Å². The van der Waals surface area contributed by atoms with Crippen molar-refractivity contribution in [2.75, 3.05) is 6.54 Å². The number of carbonyl (C=O) groups is 1. The molecule has 2 atom stereocenters. The molecule has 16 heavy (non-hydrogen) atoms. The fourth-order valence-electron chi connectivity index (χ4n) is 2.25. The van der Waals surface area contributed by atoms with Gasteiger partial charge in [-0.1, -0.05) is 33.6 Å².